The molecule has 0 aliphatic carbocycles. The first kappa shape index (κ1) is 22.7. The number of rotatable bonds is 8. The Morgan fingerprint density at radius 3 is 2.48 bits per heavy atom. The van der Waals surface area contributed by atoms with Gasteiger partial charge in [0.05, 0.1) is 13.7 Å². The molecule has 0 unspecified atom stereocenters. The van der Waals surface area contributed by atoms with Gasteiger partial charge in [-0.1, -0.05) is 11.6 Å². The highest BCUT2D eigenvalue weighted by Crippen LogP contribution is 2.29. The molecule has 0 saturated carbocycles. The van der Waals surface area contributed by atoms with Crippen molar-refractivity contribution in [3.05, 3.63) is 53.1 Å². The van der Waals surface area contributed by atoms with Crippen LogP contribution < -0.4 is 14.8 Å². The molecule has 0 bridgehead atoms. The summed E-state index contributed by atoms with van der Waals surface area (Å²) in [5.74, 6) is 0.349. The molecule has 0 aliphatic rings. The van der Waals surface area contributed by atoms with Crippen molar-refractivity contribution in [2.45, 2.75) is 11.8 Å². The third kappa shape index (κ3) is 5.72. The molecule has 9 heteroatoms. The van der Waals surface area contributed by atoms with E-state index in [0.717, 1.165) is 4.31 Å². The molecular weight excluding hydrogens is 416 g/mol. The molecule has 2 rings (SSSR count). The van der Waals surface area contributed by atoms with Gasteiger partial charge < -0.3 is 14.8 Å². The highest BCUT2D eigenvalue weighted by atomic mass is 35.5. The predicted molar refractivity (Wildman–Crippen MR) is 114 cm³/mol. The molecule has 0 fully saturated rings. The summed E-state index contributed by atoms with van der Waals surface area (Å²) in [6, 6.07) is 9.51. The summed E-state index contributed by atoms with van der Waals surface area (Å²) in [4.78, 5) is 12.3. The Morgan fingerprint density at radius 2 is 1.86 bits per heavy atom. The zero-order valence-electron chi connectivity index (χ0n) is 16.6. The number of carbonyl (C=O) groups excluding carboxylic acids is 1. The molecule has 7 nitrogen and oxygen atoms in total. The minimum absolute atomic E-state index is 0.0253. The lowest BCUT2D eigenvalue weighted by molar-refractivity contribution is -0.111. The monoisotopic (exact) mass is 438 g/mol. The third-order valence-electron chi connectivity index (χ3n) is 3.88. The Hall–Kier alpha value is -2.55. The number of sulfonamides is 1. The van der Waals surface area contributed by atoms with Gasteiger partial charge in [-0.05, 0) is 49.4 Å². The number of halogens is 1. The molecule has 156 valence electrons. The predicted octanol–water partition coefficient (Wildman–Crippen LogP) is 3.65. The SMILES string of the molecule is CCOc1ccc(NC(=O)/C=C/c2cc(Cl)ccc2OC)cc1S(=O)(=O)N(C)C. The maximum Gasteiger partial charge on any atom is 0.248 e. The van der Waals surface area contributed by atoms with E-state index in [9.17, 15) is 13.2 Å². The van der Waals surface area contributed by atoms with E-state index in [0.29, 0.717) is 28.6 Å². The van der Waals surface area contributed by atoms with Gasteiger partial charge in [-0.15, -0.1) is 0 Å². The lowest BCUT2D eigenvalue weighted by Crippen LogP contribution is -2.23. The van der Waals surface area contributed by atoms with E-state index in [-0.39, 0.29) is 10.6 Å². The second-order valence-corrected chi connectivity index (χ2v) is 8.65. The van der Waals surface area contributed by atoms with E-state index in [1.54, 1.807) is 37.3 Å². The largest absolute Gasteiger partial charge is 0.496 e. The number of ether oxygens (including phenoxy) is 2. The average molecular weight is 439 g/mol. The van der Waals surface area contributed by atoms with Crippen LogP contribution in [0.4, 0.5) is 5.69 Å². The summed E-state index contributed by atoms with van der Waals surface area (Å²) >= 11 is 5.98. The Balaban J connectivity index is 2.28. The molecule has 2 aromatic carbocycles. The number of methoxy groups -OCH3 is 1. The third-order valence-corrected chi connectivity index (χ3v) is 5.95. The molecule has 0 heterocycles. The maximum absolute atomic E-state index is 12.6. The highest BCUT2D eigenvalue weighted by Gasteiger charge is 2.23. The molecule has 0 saturated heterocycles. The van der Waals surface area contributed by atoms with Crippen LogP contribution in [0.25, 0.3) is 6.08 Å². The highest BCUT2D eigenvalue weighted by molar-refractivity contribution is 7.89. The van der Waals surface area contributed by atoms with E-state index < -0.39 is 15.9 Å². The van der Waals surface area contributed by atoms with Crippen LogP contribution in [0, 0.1) is 0 Å². The van der Waals surface area contributed by atoms with Crippen LogP contribution in [0.15, 0.2) is 47.4 Å². The zero-order chi connectivity index (χ0) is 21.6. The quantitative estimate of drug-likeness (QED) is 0.636. The first-order valence-corrected chi connectivity index (χ1v) is 10.5. The fourth-order valence-corrected chi connectivity index (χ4v) is 3.67. The lowest BCUT2D eigenvalue weighted by atomic mass is 10.2. The number of benzene rings is 2. The van der Waals surface area contributed by atoms with Crippen LogP contribution >= 0.6 is 11.6 Å². The molecular formula is C20H23ClN2O5S. The zero-order valence-corrected chi connectivity index (χ0v) is 18.2. The summed E-state index contributed by atoms with van der Waals surface area (Å²) in [5.41, 5.74) is 0.958. The molecule has 0 radical (unpaired) electrons. The van der Waals surface area contributed by atoms with Crippen LogP contribution in [0.3, 0.4) is 0 Å². The first-order chi connectivity index (χ1) is 13.7. The molecule has 1 amide bonds. The second-order valence-electron chi connectivity index (χ2n) is 6.09. The Labute approximate surface area is 175 Å². The fraction of sp³-hybridized carbons (Fsp3) is 0.250. The van der Waals surface area contributed by atoms with Gasteiger partial charge in [0.25, 0.3) is 0 Å². The molecule has 0 aromatic heterocycles. The van der Waals surface area contributed by atoms with Crippen molar-refractivity contribution in [1.29, 1.82) is 0 Å². The Bertz CT molecular complexity index is 1020. The van der Waals surface area contributed by atoms with Crippen molar-refractivity contribution in [2.75, 3.05) is 33.1 Å². The number of nitrogens with one attached hydrogen (secondary N) is 1. The number of hydrogen-bond acceptors (Lipinski definition) is 5. The molecule has 0 atom stereocenters. The van der Waals surface area contributed by atoms with Gasteiger partial charge in [-0.2, -0.15) is 0 Å². The summed E-state index contributed by atoms with van der Waals surface area (Å²) in [5, 5.41) is 3.16. The average Bonchev–Trinajstić information content (AvgIpc) is 2.67. The minimum atomic E-state index is -3.75. The summed E-state index contributed by atoms with van der Waals surface area (Å²) in [6.07, 6.45) is 2.87. The van der Waals surface area contributed by atoms with E-state index in [1.807, 2.05) is 0 Å². The van der Waals surface area contributed by atoms with E-state index >= 15 is 0 Å². The fourth-order valence-electron chi connectivity index (χ4n) is 2.44. The lowest BCUT2D eigenvalue weighted by Gasteiger charge is -2.16. The Kier molecular flexibility index (Phi) is 7.66. The van der Waals surface area contributed by atoms with E-state index in [1.165, 1.54) is 39.4 Å². The molecule has 2 aromatic rings. The Morgan fingerprint density at radius 1 is 1.17 bits per heavy atom. The topological polar surface area (TPSA) is 84.9 Å². The summed E-state index contributed by atoms with van der Waals surface area (Å²) in [7, 11) is 0.628. The standard InChI is InChI=1S/C20H23ClN2O5S/c1-5-28-18-10-8-16(13-19(18)29(25,26)23(2)3)22-20(24)11-6-14-12-15(21)7-9-17(14)27-4/h6-13H,5H2,1-4H3,(H,22,24)/b11-6+. The summed E-state index contributed by atoms with van der Waals surface area (Å²) < 4.78 is 36.9. The van der Waals surface area contributed by atoms with Crippen molar-refractivity contribution >= 4 is 39.3 Å². The number of amides is 1. The van der Waals surface area contributed by atoms with Crippen molar-refractivity contribution in [2.24, 2.45) is 0 Å². The normalized spacial score (nSPS) is 11.7. The maximum atomic E-state index is 12.6. The molecule has 0 spiro atoms. The van der Waals surface area contributed by atoms with Crippen molar-refractivity contribution in [1.82, 2.24) is 4.31 Å². The molecule has 29 heavy (non-hydrogen) atoms. The summed E-state index contributed by atoms with van der Waals surface area (Å²) in [6.45, 7) is 2.07. The molecule has 0 aliphatic heterocycles. The van der Waals surface area contributed by atoms with Gasteiger partial charge >= 0.3 is 0 Å². The van der Waals surface area contributed by atoms with Crippen LogP contribution in [0.2, 0.25) is 5.02 Å². The van der Waals surface area contributed by atoms with Crippen LogP contribution in [-0.4, -0.2) is 46.4 Å². The van der Waals surface area contributed by atoms with Crippen molar-refractivity contribution < 1.29 is 22.7 Å². The first-order valence-electron chi connectivity index (χ1n) is 8.71. The van der Waals surface area contributed by atoms with Gasteiger partial charge in [-0.3, -0.25) is 4.79 Å². The van der Waals surface area contributed by atoms with Crippen molar-refractivity contribution in [3.63, 3.8) is 0 Å². The number of carbonyl (C=O) groups is 1. The van der Waals surface area contributed by atoms with Crippen LogP contribution in [-0.2, 0) is 14.8 Å². The van der Waals surface area contributed by atoms with Gasteiger partial charge in [0.2, 0.25) is 15.9 Å². The van der Waals surface area contributed by atoms with Gasteiger partial charge in [-0.25, -0.2) is 12.7 Å². The number of nitrogens with zero attached hydrogens (tertiary/aromatic N) is 1. The van der Waals surface area contributed by atoms with Gasteiger partial charge in [0, 0.05) is 36.4 Å². The molecule has 1 N–H and O–H groups in total. The second kappa shape index (κ2) is 9.78. The van der Waals surface area contributed by atoms with Crippen LogP contribution in [0.1, 0.15) is 12.5 Å². The smallest absolute Gasteiger partial charge is 0.248 e. The minimum Gasteiger partial charge on any atom is -0.496 e. The van der Waals surface area contributed by atoms with Crippen molar-refractivity contribution in [3.8, 4) is 11.5 Å². The van der Waals surface area contributed by atoms with Gasteiger partial charge in [0.15, 0.2) is 0 Å². The van der Waals surface area contributed by atoms with Crippen LogP contribution in [0.5, 0.6) is 11.5 Å². The van der Waals surface area contributed by atoms with E-state index in [4.69, 9.17) is 21.1 Å². The van der Waals surface area contributed by atoms with E-state index in [2.05, 4.69) is 5.32 Å². The van der Waals surface area contributed by atoms with Gasteiger partial charge in [0.1, 0.15) is 16.4 Å². The number of anilines is 1. The number of hydrogen-bond donors (Lipinski definition) is 1.